The molecular weight excluding hydrogens is 521 g/mol. The van der Waals surface area contributed by atoms with Crippen molar-refractivity contribution in [2.45, 2.75) is 66.1 Å². The molecule has 0 unspecified atom stereocenters. The highest BCUT2D eigenvalue weighted by molar-refractivity contribution is 7.92. The molecule has 36 heavy (non-hydrogen) atoms. The second-order valence-electron chi connectivity index (χ2n) is 9.08. The Morgan fingerprint density at radius 1 is 1.00 bits per heavy atom. The molecule has 0 aliphatic rings. The Hall–Kier alpha value is -2.29. The number of rotatable bonds is 11. The number of hydrogen-bond acceptors (Lipinski definition) is 4. The van der Waals surface area contributed by atoms with Crippen LogP contribution in [0.3, 0.4) is 0 Å². The Morgan fingerprint density at radius 2 is 1.56 bits per heavy atom. The minimum absolute atomic E-state index is 0.0474. The molecule has 0 aliphatic carbocycles. The van der Waals surface area contributed by atoms with Gasteiger partial charge in [0.25, 0.3) is 0 Å². The average molecular weight is 557 g/mol. The second-order valence-corrected chi connectivity index (χ2v) is 11.8. The van der Waals surface area contributed by atoms with Gasteiger partial charge in [-0.05, 0) is 69.0 Å². The fraction of sp³-hybridized carbons (Fsp3) is 0.462. The van der Waals surface area contributed by atoms with Gasteiger partial charge in [0.15, 0.2) is 0 Å². The lowest BCUT2D eigenvalue weighted by Crippen LogP contribution is -2.53. The van der Waals surface area contributed by atoms with Crippen LogP contribution in [0.2, 0.25) is 10.0 Å². The molecule has 1 N–H and O–H groups in total. The number of carbonyl (C=O) groups excluding carboxylic acids is 2. The number of sulfonamides is 1. The summed E-state index contributed by atoms with van der Waals surface area (Å²) < 4.78 is 26.6. The SMILES string of the molecule is CC[C@@H](C)NC(=O)[C@@H](CC)N(Cc1c(Cl)cccc1Cl)C(=O)CN(c1cc(C)cc(C)c1)S(C)(=O)=O. The van der Waals surface area contributed by atoms with Gasteiger partial charge in [-0.2, -0.15) is 0 Å². The number of carbonyl (C=O) groups is 2. The molecule has 198 valence electrons. The van der Waals surface area contributed by atoms with Crippen molar-refractivity contribution in [3.05, 3.63) is 63.1 Å². The van der Waals surface area contributed by atoms with Gasteiger partial charge in [0.2, 0.25) is 21.8 Å². The first-order chi connectivity index (χ1) is 16.8. The number of halogens is 2. The summed E-state index contributed by atoms with van der Waals surface area (Å²) in [7, 11) is -3.81. The Bertz CT molecular complexity index is 1160. The van der Waals surface area contributed by atoms with E-state index in [0.717, 1.165) is 28.1 Å². The highest BCUT2D eigenvalue weighted by atomic mass is 35.5. The molecule has 0 spiro atoms. The van der Waals surface area contributed by atoms with Gasteiger partial charge < -0.3 is 10.2 Å². The van der Waals surface area contributed by atoms with Crippen molar-refractivity contribution in [3.8, 4) is 0 Å². The van der Waals surface area contributed by atoms with Crippen LogP contribution in [-0.2, 0) is 26.2 Å². The van der Waals surface area contributed by atoms with E-state index in [0.29, 0.717) is 27.7 Å². The largest absolute Gasteiger partial charge is 0.352 e. The summed E-state index contributed by atoms with van der Waals surface area (Å²) in [6.45, 7) is 8.83. The minimum atomic E-state index is -3.81. The van der Waals surface area contributed by atoms with E-state index in [1.807, 2.05) is 33.8 Å². The highest BCUT2D eigenvalue weighted by Crippen LogP contribution is 2.28. The molecule has 2 aromatic carbocycles. The van der Waals surface area contributed by atoms with Crippen LogP contribution in [0.5, 0.6) is 0 Å². The zero-order chi connectivity index (χ0) is 27.2. The number of amides is 2. The van der Waals surface area contributed by atoms with Crippen LogP contribution in [0.1, 0.15) is 50.3 Å². The van der Waals surface area contributed by atoms with Crippen molar-refractivity contribution < 1.29 is 18.0 Å². The lowest BCUT2D eigenvalue weighted by atomic mass is 10.1. The average Bonchev–Trinajstić information content (AvgIpc) is 2.77. The molecule has 0 bridgehead atoms. The zero-order valence-corrected chi connectivity index (χ0v) is 24.0. The van der Waals surface area contributed by atoms with Gasteiger partial charge in [-0.3, -0.25) is 13.9 Å². The number of nitrogens with one attached hydrogen (secondary N) is 1. The normalized spacial score (nSPS) is 13.1. The standard InChI is InChI=1S/C26H35Cl2N3O4S/c1-7-19(5)29-26(33)24(8-2)30(15-21-22(27)10-9-11-23(21)28)25(32)16-31(36(6,34)35)20-13-17(3)12-18(4)14-20/h9-14,19,24H,7-8,15-16H2,1-6H3,(H,29,33)/t19-,24-/m1/s1. The van der Waals surface area contributed by atoms with Crippen LogP contribution >= 0.6 is 23.2 Å². The topological polar surface area (TPSA) is 86.8 Å². The first-order valence-corrected chi connectivity index (χ1v) is 14.5. The van der Waals surface area contributed by atoms with E-state index < -0.39 is 28.5 Å². The molecule has 7 nitrogen and oxygen atoms in total. The van der Waals surface area contributed by atoms with Crippen LogP contribution in [0.15, 0.2) is 36.4 Å². The third-order valence-electron chi connectivity index (χ3n) is 5.95. The summed E-state index contributed by atoms with van der Waals surface area (Å²) in [6, 6.07) is 9.42. The third-order valence-corrected chi connectivity index (χ3v) is 7.80. The van der Waals surface area contributed by atoms with E-state index in [4.69, 9.17) is 23.2 Å². The molecule has 2 atom stereocenters. The van der Waals surface area contributed by atoms with Crippen LogP contribution in [-0.4, -0.2) is 50.0 Å². The van der Waals surface area contributed by atoms with Gasteiger partial charge in [-0.1, -0.05) is 49.2 Å². The number of anilines is 1. The maximum Gasteiger partial charge on any atom is 0.244 e. The predicted octanol–water partition coefficient (Wildman–Crippen LogP) is 5.10. The van der Waals surface area contributed by atoms with E-state index in [-0.39, 0.29) is 18.5 Å². The molecule has 0 aromatic heterocycles. The molecule has 0 saturated heterocycles. The van der Waals surface area contributed by atoms with Crippen LogP contribution in [0, 0.1) is 13.8 Å². The van der Waals surface area contributed by atoms with E-state index >= 15 is 0 Å². The van der Waals surface area contributed by atoms with E-state index in [2.05, 4.69) is 5.32 Å². The molecular formula is C26H35Cl2N3O4S. The molecule has 2 amide bonds. The Morgan fingerprint density at radius 3 is 2.03 bits per heavy atom. The fourth-order valence-electron chi connectivity index (χ4n) is 3.92. The molecule has 10 heteroatoms. The number of benzene rings is 2. The van der Waals surface area contributed by atoms with E-state index in [1.54, 1.807) is 37.3 Å². The van der Waals surface area contributed by atoms with E-state index in [1.165, 1.54) is 4.90 Å². The molecule has 0 heterocycles. The van der Waals surface area contributed by atoms with Crippen molar-refractivity contribution >= 4 is 50.7 Å². The van der Waals surface area contributed by atoms with Gasteiger partial charge in [-0.15, -0.1) is 0 Å². The van der Waals surface area contributed by atoms with Crippen molar-refractivity contribution in [2.24, 2.45) is 0 Å². The smallest absolute Gasteiger partial charge is 0.244 e. The summed E-state index contributed by atoms with van der Waals surface area (Å²) in [4.78, 5) is 28.3. The lowest BCUT2D eigenvalue weighted by Gasteiger charge is -2.34. The maximum atomic E-state index is 13.8. The molecule has 0 fully saturated rings. The monoisotopic (exact) mass is 555 g/mol. The zero-order valence-electron chi connectivity index (χ0n) is 21.6. The number of nitrogens with zero attached hydrogens (tertiary/aromatic N) is 2. The van der Waals surface area contributed by atoms with Crippen molar-refractivity contribution in [2.75, 3.05) is 17.1 Å². The molecule has 2 rings (SSSR count). The molecule has 2 aromatic rings. The fourth-order valence-corrected chi connectivity index (χ4v) is 5.27. The lowest BCUT2D eigenvalue weighted by molar-refractivity contribution is -0.140. The quantitative estimate of drug-likeness (QED) is 0.418. The second kappa shape index (κ2) is 12.8. The molecule has 0 aliphatic heterocycles. The van der Waals surface area contributed by atoms with Crippen LogP contribution < -0.4 is 9.62 Å². The third kappa shape index (κ3) is 7.85. The van der Waals surface area contributed by atoms with Gasteiger partial charge in [-0.25, -0.2) is 8.42 Å². The molecule has 0 radical (unpaired) electrons. The van der Waals surface area contributed by atoms with Gasteiger partial charge in [0.05, 0.1) is 11.9 Å². The highest BCUT2D eigenvalue weighted by Gasteiger charge is 2.33. The van der Waals surface area contributed by atoms with Crippen molar-refractivity contribution in [3.63, 3.8) is 0 Å². The van der Waals surface area contributed by atoms with Crippen molar-refractivity contribution in [1.82, 2.24) is 10.2 Å². The Balaban J connectivity index is 2.53. The number of hydrogen-bond donors (Lipinski definition) is 1. The minimum Gasteiger partial charge on any atom is -0.352 e. The Labute approximate surface area is 224 Å². The first kappa shape index (κ1) is 29.9. The van der Waals surface area contributed by atoms with Gasteiger partial charge >= 0.3 is 0 Å². The van der Waals surface area contributed by atoms with E-state index in [9.17, 15) is 18.0 Å². The first-order valence-electron chi connectivity index (χ1n) is 11.9. The summed E-state index contributed by atoms with van der Waals surface area (Å²) in [5, 5.41) is 3.64. The van der Waals surface area contributed by atoms with Crippen LogP contribution in [0.25, 0.3) is 0 Å². The maximum absolute atomic E-state index is 13.8. The molecule has 0 saturated carbocycles. The van der Waals surface area contributed by atoms with Gasteiger partial charge in [0.1, 0.15) is 12.6 Å². The van der Waals surface area contributed by atoms with Crippen molar-refractivity contribution in [1.29, 1.82) is 0 Å². The summed E-state index contributed by atoms with van der Waals surface area (Å²) in [5.74, 6) is -0.859. The Kier molecular flexibility index (Phi) is 10.6. The predicted molar refractivity (Wildman–Crippen MR) is 147 cm³/mol. The van der Waals surface area contributed by atoms with Crippen LogP contribution in [0.4, 0.5) is 5.69 Å². The van der Waals surface area contributed by atoms with Gasteiger partial charge in [0, 0.05) is 28.2 Å². The summed E-state index contributed by atoms with van der Waals surface area (Å²) >= 11 is 12.8. The summed E-state index contributed by atoms with van der Waals surface area (Å²) in [5.41, 5.74) is 2.60. The number of aryl methyl sites for hydroxylation is 2. The summed E-state index contributed by atoms with van der Waals surface area (Å²) in [6.07, 6.45) is 2.10.